The Kier molecular flexibility index (Phi) is 4.28. The van der Waals surface area contributed by atoms with Gasteiger partial charge in [-0.3, -0.25) is 4.98 Å². The van der Waals surface area contributed by atoms with Crippen molar-refractivity contribution in [2.24, 2.45) is 0 Å². The average Bonchev–Trinajstić information content (AvgIpc) is 2.39. The van der Waals surface area contributed by atoms with Crippen molar-refractivity contribution in [1.82, 2.24) is 15.3 Å². The zero-order chi connectivity index (χ0) is 12.1. The Bertz CT molecular complexity index is 358. The minimum atomic E-state index is 0.419. The molecule has 0 bridgehead atoms. The molecular weight excluding hydrogens is 216 g/mol. The molecule has 17 heavy (non-hydrogen) atoms. The third-order valence-corrected chi connectivity index (χ3v) is 3.02. The second-order valence-corrected chi connectivity index (χ2v) is 4.23. The van der Waals surface area contributed by atoms with Crippen molar-refractivity contribution in [3.63, 3.8) is 0 Å². The van der Waals surface area contributed by atoms with Crippen LogP contribution in [0.5, 0.6) is 0 Å². The van der Waals surface area contributed by atoms with Gasteiger partial charge in [-0.2, -0.15) is 0 Å². The highest BCUT2D eigenvalue weighted by Gasteiger charge is 2.22. The van der Waals surface area contributed by atoms with Gasteiger partial charge in [-0.15, -0.1) is 0 Å². The summed E-state index contributed by atoms with van der Waals surface area (Å²) in [6.07, 6.45) is 4.71. The minimum absolute atomic E-state index is 0.419. The van der Waals surface area contributed by atoms with E-state index in [2.05, 4.69) is 27.1 Å². The molecule has 0 spiro atoms. The summed E-state index contributed by atoms with van der Waals surface area (Å²) < 4.78 is 5.50. The second-order valence-electron chi connectivity index (χ2n) is 4.23. The van der Waals surface area contributed by atoms with Gasteiger partial charge in [-0.1, -0.05) is 6.92 Å². The SMILES string of the molecule is CCC1COCCN1c1cncc(CNC)n1. The molecule has 0 aliphatic carbocycles. The van der Waals surface area contributed by atoms with E-state index in [0.717, 1.165) is 44.2 Å². The molecule has 1 fully saturated rings. The summed E-state index contributed by atoms with van der Waals surface area (Å²) >= 11 is 0. The van der Waals surface area contributed by atoms with E-state index in [0.29, 0.717) is 6.04 Å². The molecule has 1 unspecified atom stereocenters. The molecule has 2 rings (SSSR count). The fraction of sp³-hybridized carbons (Fsp3) is 0.667. The molecule has 94 valence electrons. The first-order valence-corrected chi connectivity index (χ1v) is 6.15. The van der Waals surface area contributed by atoms with Crippen molar-refractivity contribution in [1.29, 1.82) is 0 Å². The summed E-state index contributed by atoms with van der Waals surface area (Å²) in [6, 6.07) is 0.419. The van der Waals surface area contributed by atoms with Crippen LogP contribution in [0.3, 0.4) is 0 Å². The van der Waals surface area contributed by atoms with Crippen molar-refractivity contribution in [2.45, 2.75) is 25.9 Å². The Morgan fingerprint density at radius 2 is 2.41 bits per heavy atom. The summed E-state index contributed by atoms with van der Waals surface area (Å²) in [6.45, 7) is 5.39. The Hall–Kier alpha value is -1.20. The number of aromatic nitrogens is 2. The molecule has 5 heteroatoms. The minimum Gasteiger partial charge on any atom is -0.377 e. The maximum Gasteiger partial charge on any atom is 0.147 e. The van der Waals surface area contributed by atoms with Crippen LogP contribution in [-0.2, 0) is 11.3 Å². The maximum absolute atomic E-state index is 5.50. The number of anilines is 1. The van der Waals surface area contributed by atoms with Crippen molar-refractivity contribution < 1.29 is 4.74 Å². The number of nitrogens with zero attached hydrogens (tertiary/aromatic N) is 3. The third-order valence-electron chi connectivity index (χ3n) is 3.02. The highest BCUT2D eigenvalue weighted by molar-refractivity contribution is 5.38. The Morgan fingerprint density at radius 1 is 1.53 bits per heavy atom. The predicted molar refractivity (Wildman–Crippen MR) is 67.0 cm³/mol. The number of hydrogen-bond acceptors (Lipinski definition) is 5. The van der Waals surface area contributed by atoms with Crippen molar-refractivity contribution in [3.8, 4) is 0 Å². The topological polar surface area (TPSA) is 50.3 Å². The molecule has 0 saturated carbocycles. The van der Waals surface area contributed by atoms with E-state index in [1.165, 1.54) is 0 Å². The van der Waals surface area contributed by atoms with Gasteiger partial charge in [-0.25, -0.2) is 4.98 Å². The van der Waals surface area contributed by atoms with E-state index in [4.69, 9.17) is 4.74 Å². The second kappa shape index (κ2) is 5.93. The monoisotopic (exact) mass is 236 g/mol. The molecule has 1 aliphatic heterocycles. The van der Waals surface area contributed by atoms with E-state index in [-0.39, 0.29) is 0 Å². The van der Waals surface area contributed by atoms with Crippen LogP contribution in [-0.4, -0.2) is 42.8 Å². The van der Waals surface area contributed by atoms with Crippen LogP contribution in [0.4, 0.5) is 5.82 Å². The van der Waals surface area contributed by atoms with Crippen LogP contribution in [0.25, 0.3) is 0 Å². The zero-order valence-electron chi connectivity index (χ0n) is 10.5. The Labute approximate surface area is 102 Å². The predicted octanol–water partition coefficient (Wildman–Crippen LogP) is 0.811. The first kappa shape index (κ1) is 12.3. The van der Waals surface area contributed by atoms with Gasteiger partial charge in [-0.05, 0) is 13.5 Å². The quantitative estimate of drug-likeness (QED) is 0.838. The van der Waals surface area contributed by atoms with Gasteiger partial charge in [0, 0.05) is 19.3 Å². The smallest absolute Gasteiger partial charge is 0.147 e. The largest absolute Gasteiger partial charge is 0.377 e. The van der Waals surface area contributed by atoms with Gasteiger partial charge < -0.3 is 15.0 Å². The summed E-state index contributed by atoms with van der Waals surface area (Å²) in [5.41, 5.74) is 0.978. The molecule has 1 atom stereocenters. The van der Waals surface area contributed by atoms with Crippen molar-refractivity contribution >= 4 is 5.82 Å². The maximum atomic E-state index is 5.50. The fourth-order valence-electron chi connectivity index (χ4n) is 2.09. The number of rotatable bonds is 4. The zero-order valence-corrected chi connectivity index (χ0v) is 10.5. The normalized spacial score (nSPS) is 20.6. The lowest BCUT2D eigenvalue weighted by Gasteiger charge is -2.35. The Morgan fingerprint density at radius 3 is 3.18 bits per heavy atom. The highest BCUT2D eigenvalue weighted by atomic mass is 16.5. The third kappa shape index (κ3) is 2.92. The summed E-state index contributed by atoms with van der Waals surface area (Å²) in [7, 11) is 1.91. The van der Waals surface area contributed by atoms with Crippen LogP contribution in [0, 0.1) is 0 Å². The van der Waals surface area contributed by atoms with Crippen LogP contribution in [0.2, 0.25) is 0 Å². The molecule has 5 nitrogen and oxygen atoms in total. The van der Waals surface area contributed by atoms with Crippen LogP contribution < -0.4 is 10.2 Å². The number of nitrogens with one attached hydrogen (secondary N) is 1. The van der Waals surface area contributed by atoms with Crippen LogP contribution in [0.15, 0.2) is 12.4 Å². The molecular formula is C12H20N4O. The number of ether oxygens (including phenoxy) is 1. The van der Waals surface area contributed by atoms with Gasteiger partial charge in [0.2, 0.25) is 0 Å². The Balaban J connectivity index is 2.16. The molecule has 0 radical (unpaired) electrons. The molecule has 1 aromatic rings. The van der Waals surface area contributed by atoms with Crippen LogP contribution in [0.1, 0.15) is 19.0 Å². The average molecular weight is 236 g/mol. The van der Waals surface area contributed by atoms with Crippen LogP contribution >= 0.6 is 0 Å². The molecule has 1 N–H and O–H groups in total. The van der Waals surface area contributed by atoms with E-state index in [1.54, 1.807) is 6.20 Å². The molecule has 0 amide bonds. The molecule has 1 aliphatic rings. The van der Waals surface area contributed by atoms with E-state index in [1.807, 2.05) is 13.2 Å². The first-order chi connectivity index (χ1) is 8.35. The van der Waals surface area contributed by atoms with Crippen molar-refractivity contribution in [3.05, 3.63) is 18.1 Å². The lowest BCUT2D eigenvalue weighted by atomic mass is 10.2. The lowest BCUT2D eigenvalue weighted by Crippen LogP contribution is -2.45. The molecule has 0 aromatic carbocycles. The number of morpholine rings is 1. The first-order valence-electron chi connectivity index (χ1n) is 6.15. The molecule has 2 heterocycles. The molecule has 1 saturated heterocycles. The summed E-state index contributed by atoms with van der Waals surface area (Å²) in [5, 5.41) is 3.09. The standard InChI is InChI=1S/C12H20N4O/c1-3-11-9-17-5-4-16(11)12-8-14-7-10(15-12)6-13-2/h7-8,11,13H,3-6,9H2,1-2H3. The van der Waals surface area contributed by atoms with E-state index in [9.17, 15) is 0 Å². The van der Waals surface area contributed by atoms with Gasteiger partial charge in [0.15, 0.2) is 0 Å². The number of hydrogen-bond donors (Lipinski definition) is 1. The summed E-state index contributed by atoms with van der Waals surface area (Å²) in [4.78, 5) is 11.2. The van der Waals surface area contributed by atoms with Crippen molar-refractivity contribution in [2.75, 3.05) is 31.7 Å². The van der Waals surface area contributed by atoms with Gasteiger partial charge in [0.25, 0.3) is 0 Å². The van der Waals surface area contributed by atoms with E-state index >= 15 is 0 Å². The fourth-order valence-corrected chi connectivity index (χ4v) is 2.09. The van der Waals surface area contributed by atoms with Gasteiger partial charge in [0.05, 0.1) is 31.1 Å². The lowest BCUT2D eigenvalue weighted by molar-refractivity contribution is 0.0925. The van der Waals surface area contributed by atoms with Gasteiger partial charge >= 0.3 is 0 Å². The molecule has 1 aromatic heterocycles. The highest BCUT2D eigenvalue weighted by Crippen LogP contribution is 2.18. The van der Waals surface area contributed by atoms with Gasteiger partial charge in [0.1, 0.15) is 5.82 Å². The van der Waals surface area contributed by atoms with E-state index < -0.39 is 0 Å². The summed E-state index contributed by atoms with van der Waals surface area (Å²) in [5.74, 6) is 0.966.